The van der Waals surface area contributed by atoms with Gasteiger partial charge in [-0.2, -0.15) is 0 Å². The van der Waals surface area contributed by atoms with Crippen molar-refractivity contribution >= 4 is 17.5 Å². The molecule has 6 heteroatoms. The molecular weight excluding hydrogens is 326 g/mol. The van der Waals surface area contributed by atoms with Gasteiger partial charge in [0, 0.05) is 37.6 Å². The van der Waals surface area contributed by atoms with Gasteiger partial charge in [0.25, 0.3) is 0 Å². The van der Waals surface area contributed by atoms with Crippen LogP contribution in [-0.2, 0) is 4.79 Å². The quantitative estimate of drug-likeness (QED) is 0.876. The van der Waals surface area contributed by atoms with Gasteiger partial charge in [0.2, 0.25) is 11.9 Å². The molecule has 6 nitrogen and oxygen atoms in total. The third kappa shape index (κ3) is 4.65. The van der Waals surface area contributed by atoms with E-state index in [1.54, 1.807) is 0 Å². The van der Waals surface area contributed by atoms with Gasteiger partial charge in [0.1, 0.15) is 0 Å². The van der Waals surface area contributed by atoms with Crippen molar-refractivity contribution in [3.8, 4) is 0 Å². The van der Waals surface area contributed by atoms with E-state index in [0.29, 0.717) is 0 Å². The molecule has 2 aliphatic heterocycles. The van der Waals surface area contributed by atoms with Crippen LogP contribution in [0.25, 0.3) is 0 Å². The molecule has 2 aliphatic rings. The van der Waals surface area contributed by atoms with Crippen LogP contribution in [0.5, 0.6) is 0 Å². The van der Waals surface area contributed by atoms with Crippen molar-refractivity contribution in [1.29, 1.82) is 0 Å². The fraction of sp³-hybridized carbons (Fsp3) is 0.750. The molecule has 0 saturated carbocycles. The van der Waals surface area contributed by atoms with Crippen molar-refractivity contribution in [2.24, 2.45) is 5.92 Å². The molecule has 1 aromatic heterocycles. The molecule has 0 aromatic carbocycles. The summed E-state index contributed by atoms with van der Waals surface area (Å²) in [5.74, 6) is 1.17. The second-order valence-electron chi connectivity index (χ2n) is 8.28. The summed E-state index contributed by atoms with van der Waals surface area (Å²) in [5, 5.41) is 3.19. The largest absolute Gasteiger partial charge is 0.369 e. The molecule has 1 amide bonds. The number of piperidine rings is 2. The smallest absolute Gasteiger partial charge is 0.225 e. The minimum atomic E-state index is -0.119. The maximum atomic E-state index is 12.5. The second-order valence-corrected chi connectivity index (χ2v) is 8.28. The Morgan fingerprint density at radius 2 is 1.69 bits per heavy atom. The Hall–Kier alpha value is -1.85. The fourth-order valence-corrected chi connectivity index (χ4v) is 3.66. The van der Waals surface area contributed by atoms with Crippen LogP contribution in [0.3, 0.4) is 0 Å². The molecule has 3 heterocycles. The van der Waals surface area contributed by atoms with Crippen LogP contribution in [0.1, 0.15) is 59.3 Å². The Kier molecular flexibility index (Phi) is 5.99. The lowest BCUT2D eigenvalue weighted by Gasteiger charge is -2.34. The summed E-state index contributed by atoms with van der Waals surface area (Å²) in [7, 11) is 0. The van der Waals surface area contributed by atoms with Gasteiger partial charge in [0.05, 0.1) is 18.1 Å². The molecule has 0 aliphatic carbocycles. The normalized spacial score (nSPS) is 19.5. The Balaban J connectivity index is 1.52. The predicted octanol–water partition coefficient (Wildman–Crippen LogP) is 2.99. The molecule has 2 saturated heterocycles. The number of amides is 1. The maximum Gasteiger partial charge on any atom is 0.225 e. The summed E-state index contributed by atoms with van der Waals surface area (Å²) in [6.45, 7) is 10.2. The average molecular weight is 360 g/mol. The minimum absolute atomic E-state index is 0.116. The zero-order valence-corrected chi connectivity index (χ0v) is 16.5. The monoisotopic (exact) mass is 359 g/mol. The molecular formula is C20H33N5O. The average Bonchev–Trinajstić information content (AvgIpc) is 2.68. The summed E-state index contributed by atoms with van der Waals surface area (Å²) in [6, 6.07) is 0. The zero-order valence-electron chi connectivity index (χ0n) is 16.5. The van der Waals surface area contributed by atoms with E-state index in [2.05, 4.69) is 45.9 Å². The van der Waals surface area contributed by atoms with Crippen molar-refractivity contribution in [2.75, 3.05) is 36.0 Å². The number of nitrogens with zero attached hydrogens (tertiary/aromatic N) is 4. The summed E-state index contributed by atoms with van der Waals surface area (Å²) in [6.07, 6.45) is 10.4. The number of carbonyl (C=O) groups is 1. The Labute approximate surface area is 157 Å². The minimum Gasteiger partial charge on any atom is -0.369 e. The van der Waals surface area contributed by atoms with E-state index in [-0.39, 0.29) is 17.4 Å². The second kappa shape index (κ2) is 8.23. The van der Waals surface area contributed by atoms with E-state index < -0.39 is 0 Å². The van der Waals surface area contributed by atoms with E-state index in [1.807, 2.05) is 12.4 Å². The van der Waals surface area contributed by atoms with E-state index in [1.165, 1.54) is 19.3 Å². The zero-order chi connectivity index (χ0) is 18.6. The molecule has 3 rings (SSSR count). The molecule has 0 bridgehead atoms. The standard InChI is InChI=1S/C20H33N5O/c1-4-20(2,3)23-18(26)16-8-12-24(13-9-16)17-14-21-19(22-15-17)25-10-6-5-7-11-25/h14-16H,4-13H2,1-3H3,(H,23,26). The molecule has 1 aromatic rings. The Morgan fingerprint density at radius 3 is 2.27 bits per heavy atom. The molecule has 2 fully saturated rings. The van der Waals surface area contributed by atoms with E-state index in [4.69, 9.17) is 0 Å². The van der Waals surface area contributed by atoms with Crippen LogP contribution < -0.4 is 15.1 Å². The summed E-state index contributed by atoms with van der Waals surface area (Å²) >= 11 is 0. The van der Waals surface area contributed by atoms with E-state index in [9.17, 15) is 4.79 Å². The number of hydrogen-bond donors (Lipinski definition) is 1. The van der Waals surface area contributed by atoms with Crippen LogP contribution in [0.4, 0.5) is 11.6 Å². The number of hydrogen-bond acceptors (Lipinski definition) is 5. The highest BCUT2D eigenvalue weighted by atomic mass is 16.2. The Morgan fingerprint density at radius 1 is 1.08 bits per heavy atom. The first-order chi connectivity index (χ1) is 12.5. The van der Waals surface area contributed by atoms with Gasteiger partial charge in [-0.05, 0) is 52.4 Å². The molecule has 1 N–H and O–H groups in total. The van der Waals surface area contributed by atoms with Gasteiger partial charge in [-0.1, -0.05) is 6.92 Å². The van der Waals surface area contributed by atoms with Crippen LogP contribution in [-0.4, -0.2) is 47.6 Å². The van der Waals surface area contributed by atoms with Crippen LogP contribution in [0.15, 0.2) is 12.4 Å². The number of nitrogens with one attached hydrogen (secondary N) is 1. The van der Waals surface area contributed by atoms with Gasteiger partial charge in [-0.3, -0.25) is 4.79 Å². The van der Waals surface area contributed by atoms with Gasteiger partial charge in [0.15, 0.2) is 0 Å². The summed E-state index contributed by atoms with van der Waals surface area (Å²) in [4.78, 5) is 26.2. The predicted molar refractivity (Wildman–Crippen MR) is 106 cm³/mol. The molecule has 0 atom stereocenters. The SMILES string of the molecule is CCC(C)(C)NC(=O)C1CCN(c2cnc(N3CCCCC3)nc2)CC1. The summed E-state index contributed by atoms with van der Waals surface area (Å²) in [5.41, 5.74) is 0.949. The lowest BCUT2D eigenvalue weighted by atomic mass is 9.93. The lowest BCUT2D eigenvalue weighted by molar-refractivity contribution is -0.127. The third-order valence-electron chi connectivity index (χ3n) is 5.84. The van der Waals surface area contributed by atoms with Crippen molar-refractivity contribution in [3.05, 3.63) is 12.4 Å². The van der Waals surface area contributed by atoms with Crippen molar-refractivity contribution in [1.82, 2.24) is 15.3 Å². The highest BCUT2D eigenvalue weighted by Crippen LogP contribution is 2.24. The van der Waals surface area contributed by atoms with Crippen molar-refractivity contribution in [2.45, 2.75) is 64.8 Å². The van der Waals surface area contributed by atoms with Gasteiger partial charge >= 0.3 is 0 Å². The Bertz CT molecular complexity index is 587. The number of carbonyl (C=O) groups excluding carboxylic acids is 1. The van der Waals surface area contributed by atoms with Crippen LogP contribution in [0.2, 0.25) is 0 Å². The number of rotatable bonds is 5. The fourth-order valence-electron chi connectivity index (χ4n) is 3.66. The highest BCUT2D eigenvalue weighted by molar-refractivity contribution is 5.79. The molecule has 144 valence electrons. The molecule has 0 radical (unpaired) electrons. The first kappa shape index (κ1) is 18.9. The molecule has 0 unspecified atom stereocenters. The first-order valence-electron chi connectivity index (χ1n) is 10.1. The first-order valence-corrected chi connectivity index (χ1v) is 10.1. The summed E-state index contributed by atoms with van der Waals surface area (Å²) < 4.78 is 0. The molecule has 0 spiro atoms. The lowest BCUT2D eigenvalue weighted by Crippen LogP contribution is -2.48. The van der Waals surface area contributed by atoms with Crippen LogP contribution >= 0.6 is 0 Å². The van der Waals surface area contributed by atoms with Gasteiger partial charge < -0.3 is 15.1 Å². The van der Waals surface area contributed by atoms with Gasteiger partial charge in [-0.15, -0.1) is 0 Å². The maximum absolute atomic E-state index is 12.5. The van der Waals surface area contributed by atoms with E-state index in [0.717, 1.165) is 57.1 Å². The topological polar surface area (TPSA) is 61.4 Å². The number of aromatic nitrogens is 2. The molecule has 26 heavy (non-hydrogen) atoms. The van der Waals surface area contributed by atoms with E-state index >= 15 is 0 Å². The van der Waals surface area contributed by atoms with Crippen molar-refractivity contribution in [3.63, 3.8) is 0 Å². The number of anilines is 2. The van der Waals surface area contributed by atoms with Gasteiger partial charge in [-0.25, -0.2) is 9.97 Å². The highest BCUT2D eigenvalue weighted by Gasteiger charge is 2.28. The van der Waals surface area contributed by atoms with Crippen LogP contribution in [0, 0.1) is 5.92 Å². The van der Waals surface area contributed by atoms with Crippen molar-refractivity contribution < 1.29 is 4.79 Å². The third-order valence-corrected chi connectivity index (χ3v) is 5.84.